The number of halogens is 2. The second-order valence-electron chi connectivity index (χ2n) is 7.35. The van der Waals surface area contributed by atoms with Gasteiger partial charge in [0.15, 0.2) is 0 Å². The van der Waals surface area contributed by atoms with Gasteiger partial charge >= 0.3 is 0 Å². The van der Waals surface area contributed by atoms with E-state index in [0.717, 1.165) is 4.31 Å². The molecule has 0 radical (unpaired) electrons. The van der Waals surface area contributed by atoms with Crippen molar-refractivity contribution >= 4 is 38.9 Å². The molecule has 1 heterocycles. The Morgan fingerprint density at radius 3 is 2.47 bits per heavy atom. The van der Waals surface area contributed by atoms with E-state index in [4.69, 9.17) is 16.1 Å². The predicted molar refractivity (Wildman–Crippen MR) is 128 cm³/mol. The number of nitrogens with zero attached hydrogens (tertiary/aromatic N) is 2. The van der Waals surface area contributed by atoms with Crippen LogP contribution in [0.2, 0.25) is 5.02 Å². The van der Waals surface area contributed by atoms with Gasteiger partial charge < -0.3 is 9.84 Å². The number of anilines is 2. The molecule has 0 saturated carbocycles. The summed E-state index contributed by atoms with van der Waals surface area (Å²) >= 11 is 6.14. The minimum Gasteiger partial charge on any atom is -0.360 e. The van der Waals surface area contributed by atoms with Crippen LogP contribution in [0.25, 0.3) is 11.3 Å². The number of carbonyl (C=O) groups is 1. The summed E-state index contributed by atoms with van der Waals surface area (Å²) in [6, 6.07) is 18.5. The Morgan fingerprint density at radius 1 is 1.06 bits per heavy atom. The van der Waals surface area contributed by atoms with E-state index in [1.54, 1.807) is 30.3 Å². The zero-order chi connectivity index (χ0) is 24.5. The van der Waals surface area contributed by atoms with Crippen molar-refractivity contribution < 1.29 is 22.1 Å². The quantitative estimate of drug-likeness (QED) is 0.377. The van der Waals surface area contributed by atoms with E-state index in [9.17, 15) is 17.6 Å². The highest BCUT2D eigenvalue weighted by atomic mass is 35.5. The van der Waals surface area contributed by atoms with Crippen LogP contribution < -0.4 is 9.62 Å². The number of para-hydroxylation sites is 1. The Morgan fingerprint density at radius 2 is 1.76 bits per heavy atom. The third-order valence-electron chi connectivity index (χ3n) is 5.16. The molecule has 1 aromatic heterocycles. The fourth-order valence-corrected chi connectivity index (χ4v) is 4.89. The smallest absolute Gasteiger partial charge is 0.264 e. The molecule has 3 aromatic carbocycles. The van der Waals surface area contributed by atoms with E-state index in [1.807, 2.05) is 0 Å². The highest BCUT2D eigenvalue weighted by Crippen LogP contribution is 2.34. The van der Waals surface area contributed by atoms with Crippen molar-refractivity contribution in [3.8, 4) is 11.3 Å². The lowest BCUT2D eigenvalue weighted by Gasteiger charge is -2.20. The zero-order valence-electron chi connectivity index (χ0n) is 18.1. The molecule has 34 heavy (non-hydrogen) atoms. The maximum atomic E-state index is 14.4. The summed E-state index contributed by atoms with van der Waals surface area (Å²) < 4.78 is 46.9. The second kappa shape index (κ2) is 9.28. The molecule has 7 nitrogen and oxygen atoms in total. The van der Waals surface area contributed by atoms with E-state index in [2.05, 4.69) is 10.5 Å². The van der Waals surface area contributed by atoms with Gasteiger partial charge in [0.2, 0.25) is 0 Å². The lowest BCUT2D eigenvalue weighted by molar-refractivity contribution is 0.102. The fraction of sp³-hybridized carbons (Fsp3) is 0.0833. The maximum Gasteiger partial charge on any atom is 0.264 e. The van der Waals surface area contributed by atoms with Gasteiger partial charge in [-0.1, -0.05) is 47.1 Å². The van der Waals surface area contributed by atoms with E-state index in [-0.39, 0.29) is 38.2 Å². The first-order valence-corrected chi connectivity index (χ1v) is 11.9. The Hall–Kier alpha value is -3.69. The number of benzene rings is 3. The molecule has 0 fully saturated rings. The molecule has 0 spiro atoms. The summed E-state index contributed by atoms with van der Waals surface area (Å²) in [5, 5.41) is 6.53. The number of aromatic nitrogens is 1. The molecule has 0 unspecified atom stereocenters. The van der Waals surface area contributed by atoms with Gasteiger partial charge in [0.05, 0.1) is 21.2 Å². The molecule has 4 aromatic rings. The van der Waals surface area contributed by atoms with Crippen molar-refractivity contribution in [2.75, 3.05) is 16.7 Å². The highest BCUT2D eigenvalue weighted by molar-refractivity contribution is 7.92. The van der Waals surface area contributed by atoms with Crippen molar-refractivity contribution in [2.45, 2.75) is 11.8 Å². The standard InChI is InChI=1S/C24H19ClFN3O4S/c1-15-21(23(28-33-15)22-19(25)12-7-13-20(22)26)24(30)27-16-8-6-11-18(14-16)34(31,32)29(2)17-9-4-3-5-10-17/h3-14H,1-2H3,(H,27,30). The van der Waals surface area contributed by atoms with Crippen LogP contribution >= 0.6 is 11.6 Å². The Labute approximate surface area is 200 Å². The predicted octanol–water partition coefficient (Wildman–Crippen LogP) is 5.52. The lowest BCUT2D eigenvalue weighted by atomic mass is 10.0. The average molecular weight is 500 g/mol. The molecular weight excluding hydrogens is 481 g/mol. The number of sulfonamides is 1. The SMILES string of the molecule is Cc1onc(-c2c(F)cccc2Cl)c1C(=O)Nc1cccc(S(=O)(=O)N(C)c2ccccc2)c1. The molecule has 174 valence electrons. The van der Waals surface area contributed by atoms with Gasteiger partial charge in [-0.25, -0.2) is 12.8 Å². The van der Waals surface area contributed by atoms with E-state index >= 15 is 0 Å². The van der Waals surface area contributed by atoms with Crippen LogP contribution in [0.1, 0.15) is 16.1 Å². The monoisotopic (exact) mass is 499 g/mol. The van der Waals surface area contributed by atoms with Crippen LogP contribution in [0, 0.1) is 12.7 Å². The van der Waals surface area contributed by atoms with E-state index in [0.29, 0.717) is 5.69 Å². The highest BCUT2D eigenvalue weighted by Gasteiger charge is 2.26. The molecule has 0 saturated heterocycles. The van der Waals surface area contributed by atoms with Gasteiger partial charge in [-0.05, 0) is 49.4 Å². The Kier molecular flexibility index (Phi) is 6.41. The molecule has 4 rings (SSSR count). The number of hydrogen-bond acceptors (Lipinski definition) is 5. The molecule has 0 aliphatic heterocycles. The van der Waals surface area contributed by atoms with Crippen LogP contribution in [-0.4, -0.2) is 26.5 Å². The molecule has 0 bridgehead atoms. The van der Waals surface area contributed by atoms with Crippen LogP contribution in [0.5, 0.6) is 0 Å². The Bertz CT molecular complexity index is 1450. The van der Waals surface area contributed by atoms with Crippen LogP contribution in [-0.2, 0) is 10.0 Å². The number of rotatable bonds is 6. The Balaban J connectivity index is 1.65. The summed E-state index contributed by atoms with van der Waals surface area (Å²) in [5.41, 5.74) is 0.585. The zero-order valence-corrected chi connectivity index (χ0v) is 19.7. The van der Waals surface area contributed by atoms with Crippen molar-refractivity contribution in [2.24, 2.45) is 0 Å². The molecule has 10 heteroatoms. The van der Waals surface area contributed by atoms with Gasteiger partial charge in [-0.15, -0.1) is 0 Å². The number of hydrogen-bond donors (Lipinski definition) is 1. The van der Waals surface area contributed by atoms with Crippen LogP contribution in [0.15, 0.2) is 82.2 Å². The van der Waals surface area contributed by atoms with Gasteiger partial charge in [-0.2, -0.15) is 0 Å². The minimum atomic E-state index is -3.89. The summed E-state index contributed by atoms with van der Waals surface area (Å²) in [4.78, 5) is 13.1. The van der Waals surface area contributed by atoms with Crippen molar-refractivity contribution in [1.82, 2.24) is 5.16 Å². The summed E-state index contributed by atoms with van der Waals surface area (Å²) in [5.74, 6) is -1.16. The first kappa shape index (κ1) is 23.5. The normalized spacial score (nSPS) is 11.3. The van der Waals surface area contributed by atoms with E-state index in [1.165, 1.54) is 56.4 Å². The minimum absolute atomic E-state index is 0.0123. The van der Waals surface area contributed by atoms with Crippen LogP contribution in [0.4, 0.5) is 15.8 Å². The topological polar surface area (TPSA) is 92.5 Å². The number of amides is 1. The molecule has 0 aliphatic rings. The third kappa shape index (κ3) is 4.40. The molecule has 1 amide bonds. The van der Waals surface area contributed by atoms with Gasteiger partial charge in [0, 0.05) is 12.7 Å². The first-order chi connectivity index (χ1) is 16.2. The van der Waals surface area contributed by atoms with Gasteiger partial charge in [0.1, 0.15) is 22.8 Å². The van der Waals surface area contributed by atoms with Crippen molar-refractivity contribution in [3.05, 3.63) is 95.0 Å². The number of aryl methyl sites for hydroxylation is 1. The average Bonchev–Trinajstić information content (AvgIpc) is 3.20. The maximum absolute atomic E-state index is 14.4. The van der Waals surface area contributed by atoms with Crippen LogP contribution in [0.3, 0.4) is 0 Å². The fourth-order valence-electron chi connectivity index (χ4n) is 3.40. The van der Waals surface area contributed by atoms with Gasteiger partial charge in [0.25, 0.3) is 15.9 Å². The lowest BCUT2D eigenvalue weighted by Crippen LogP contribution is -2.26. The molecule has 0 aliphatic carbocycles. The molecule has 1 N–H and O–H groups in total. The number of carbonyl (C=O) groups excluding carboxylic acids is 1. The largest absolute Gasteiger partial charge is 0.360 e. The summed E-state index contributed by atoms with van der Waals surface area (Å²) in [6.07, 6.45) is 0. The first-order valence-electron chi connectivity index (χ1n) is 10.1. The van der Waals surface area contributed by atoms with Crippen molar-refractivity contribution in [3.63, 3.8) is 0 Å². The molecular formula is C24H19ClFN3O4S. The summed E-state index contributed by atoms with van der Waals surface area (Å²) in [7, 11) is -2.45. The number of nitrogens with one attached hydrogen (secondary N) is 1. The van der Waals surface area contributed by atoms with Crippen molar-refractivity contribution in [1.29, 1.82) is 0 Å². The summed E-state index contributed by atoms with van der Waals surface area (Å²) in [6.45, 7) is 1.51. The second-order valence-corrected chi connectivity index (χ2v) is 9.73. The third-order valence-corrected chi connectivity index (χ3v) is 7.26. The van der Waals surface area contributed by atoms with E-state index < -0.39 is 21.7 Å². The van der Waals surface area contributed by atoms with Gasteiger partial charge in [-0.3, -0.25) is 9.10 Å². The molecule has 0 atom stereocenters.